The van der Waals surface area contributed by atoms with E-state index in [0.717, 1.165) is 16.1 Å². The minimum absolute atomic E-state index is 0.173. The predicted molar refractivity (Wildman–Crippen MR) is 84.8 cm³/mol. The van der Waals surface area contributed by atoms with Gasteiger partial charge in [0.25, 0.3) is 10.0 Å². The Morgan fingerprint density at radius 3 is 2.48 bits per heavy atom. The second-order valence-electron chi connectivity index (χ2n) is 4.30. The number of thiazole rings is 1. The molecule has 0 amide bonds. The molecule has 2 rings (SSSR count). The Morgan fingerprint density at radius 2 is 1.95 bits per heavy atom. The van der Waals surface area contributed by atoms with Crippen LogP contribution in [0.3, 0.4) is 0 Å². The molecule has 0 aliphatic heterocycles. The van der Waals surface area contributed by atoms with Crippen molar-refractivity contribution in [2.24, 2.45) is 5.73 Å². The lowest BCUT2D eigenvalue weighted by Crippen LogP contribution is -2.12. The molecule has 21 heavy (non-hydrogen) atoms. The lowest BCUT2D eigenvalue weighted by molar-refractivity contribution is 0.601. The molecule has 1 aromatic carbocycles. The number of nitrogens with zero attached hydrogens (tertiary/aromatic N) is 1. The lowest BCUT2D eigenvalue weighted by atomic mass is 10.2. The van der Waals surface area contributed by atoms with Crippen molar-refractivity contribution in [1.29, 1.82) is 0 Å². The van der Waals surface area contributed by atoms with Crippen molar-refractivity contribution in [2.75, 3.05) is 11.3 Å². The molecule has 0 saturated carbocycles. The molecule has 0 bridgehead atoms. The molecule has 0 aliphatic carbocycles. The Hall–Kier alpha value is -1.88. The molecule has 110 valence electrons. The van der Waals surface area contributed by atoms with E-state index in [1.807, 2.05) is 13.8 Å². The van der Waals surface area contributed by atoms with Gasteiger partial charge in [0, 0.05) is 10.4 Å². The van der Waals surface area contributed by atoms with Gasteiger partial charge in [-0.25, -0.2) is 13.4 Å². The van der Waals surface area contributed by atoms with Crippen LogP contribution in [-0.4, -0.2) is 19.9 Å². The van der Waals surface area contributed by atoms with Crippen LogP contribution < -0.4 is 10.5 Å². The Morgan fingerprint density at radius 1 is 1.29 bits per heavy atom. The van der Waals surface area contributed by atoms with Crippen molar-refractivity contribution in [3.63, 3.8) is 0 Å². The summed E-state index contributed by atoms with van der Waals surface area (Å²) in [5, 5.41) is 0.372. The zero-order chi connectivity index (χ0) is 15.5. The lowest BCUT2D eigenvalue weighted by Gasteiger charge is -2.04. The topological polar surface area (TPSA) is 85.1 Å². The van der Waals surface area contributed by atoms with Gasteiger partial charge in [-0.3, -0.25) is 4.72 Å². The third-order valence-corrected chi connectivity index (χ3v) is 5.22. The summed E-state index contributed by atoms with van der Waals surface area (Å²) < 4.78 is 27.0. The average Bonchev–Trinajstić information content (AvgIpc) is 2.74. The van der Waals surface area contributed by atoms with Crippen LogP contribution >= 0.6 is 11.3 Å². The molecule has 2 aromatic rings. The van der Waals surface area contributed by atoms with Gasteiger partial charge in [0.1, 0.15) is 0 Å². The molecular weight excluding hydrogens is 306 g/mol. The van der Waals surface area contributed by atoms with E-state index in [1.54, 1.807) is 12.1 Å². The molecule has 3 N–H and O–H groups in total. The first-order valence-corrected chi connectivity index (χ1v) is 8.48. The third-order valence-electron chi connectivity index (χ3n) is 2.75. The zero-order valence-electron chi connectivity index (χ0n) is 11.7. The van der Waals surface area contributed by atoms with E-state index in [1.165, 1.54) is 23.5 Å². The van der Waals surface area contributed by atoms with Crippen LogP contribution in [0.15, 0.2) is 29.2 Å². The summed E-state index contributed by atoms with van der Waals surface area (Å²) in [5.41, 5.74) is 6.84. The number of hydrogen-bond donors (Lipinski definition) is 2. The number of benzene rings is 1. The highest BCUT2D eigenvalue weighted by atomic mass is 32.2. The molecular formula is C14H15N3O2S2. The van der Waals surface area contributed by atoms with Crippen LogP contribution in [0.2, 0.25) is 0 Å². The van der Waals surface area contributed by atoms with E-state index in [0.29, 0.717) is 5.13 Å². The maximum Gasteiger partial charge on any atom is 0.263 e. The Labute approximate surface area is 128 Å². The summed E-state index contributed by atoms with van der Waals surface area (Å²) in [6.07, 6.45) is 0. The van der Waals surface area contributed by atoms with Gasteiger partial charge in [0.2, 0.25) is 0 Å². The van der Waals surface area contributed by atoms with E-state index in [4.69, 9.17) is 5.73 Å². The van der Waals surface area contributed by atoms with Gasteiger partial charge < -0.3 is 5.73 Å². The second kappa shape index (κ2) is 6.26. The van der Waals surface area contributed by atoms with Crippen LogP contribution in [-0.2, 0) is 10.0 Å². The molecule has 0 aliphatic rings. The molecule has 1 aromatic heterocycles. The molecule has 7 heteroatoms. The summed E-state index contributed by atoms with van der Waals surface area (Å²) in [7, 11) is -3.63. The fourth-order valence-electron chi connectivity index (χ4n) is 1.56. The fourth-order valence-corrected chi connectivity index (χ4v) is 3.61. The molecule has 5 nitrogen and oxygen atoms in total. The quantitative estimate of drug-likeness (QED) is 0.845. The van der Waals surface area contributed by atoms with Gasteiger partial charge in [0.05, 0.1) is 17.1 Å². The number of nitrogens with two attached hydrogens (primary N) is 1. The third kappa shape index (κ3) is 3.82. The number of nitrogens with one attached hydrogen (secondary N) is 1. The van der Waals surface area contributed by atoms with Gasteiger partial charge in [-0.2, -0.15) is 0 Å². The first-order valence-electron chi connectivity index (χ1n) is 6.18. The Balaban J connectivity index is 2.23. The van der Waals surface area contributed by atoms with Crippen molar-refractivity contribution in [1.82, 2.24) is 4.98 Å². The molecule has 0 fully saturated rings. The van der Waals surface area contributed by atoms with Gasteiger partial charge >= 0.3 is 0 Å². The van der Waals surface area contributed by atoms with E-state index in [2.05, 4.69) is 21.5 Å². The Bertz CT molecular complexity index is 777. The number of hydrogen-bond acceptors (Lipinski definition) is 5. The van der Waals surface area contributed by atoms with Gasteiger partial charge in [-0.15, -0.1) is 11.3 Å². The summed E-state index contributed by atoms with van der Waals surface area (Å²) in [6.45, 7) is 4.01. The van der Waals surface area contributed by atoms with E-state index in [-0.39, 0.29) is 11.4 Å². The maximum absolute atomic E-state index is 12.2. The van der Waals surface area contributed by atoms with Crippen LogP contribution in [0.1, 0.15) is 16.1 Å². The predicted octanol–water partition coefficient (Wildman–Crippen LogP) is 1.87. The van der Waals surface area contributed by atoms with Crippen molar-refractivity contribution < 1.29 is 8.42 Å². The minimum Gasteiger partial charge on any atom is -0.320 e. The second-order valence-corrected chi connectivity index (χ2v) is 7.18. The molecule has 0 spiro atoms. The van der Waals surface area contributed by atoms with Gasteiger partial charge in [0.15, 0.2) is 5.13 Å². The van der Waals surface area contributed by atoms with E-state index in [9.17, 15) is 8.42 Å². The standard InChI is InChI=1S/C14H15N3O2S2/c1-10-11(2)20-14(16-10)17-21(18,19)13-7-5-12(6-8-13)4-3-9-15/h5-8H,9,15H2,1-2H3,(H,16,17). The normalized spacial score (nSPS) is 10.8. The summed E-state index contributed by atoms with van der Waals surface area (Å²) in [5.74, 6) is 5.56. The van der Waals surface area contributed by atoms with Crippen molar-refractivity contribution in [3.05, 3.63) is 40.4 Å². The first-order chi connectivity index (χ1) is 9.92. The average molecular weight is 321 g/mol. The molecule has 0 radical (unpaired) electrons. The number of aryl methyl sites for hydroxylation is 2. The number of sulfonamides is 1. The number of aromatic nitrogens is 1. The van der Waals surface area contributed by atoms with Crippen LogP contribution in [0, 0.1) is 25.7 Å². The number of rotatable bonds is 3. The van der Waals surface area contributed by atoms with Crippen molar-refractivity contribution in [2.45, 2.75) is 18.7 Å². The van der Waals surface area contributed by atoms with E-state index < -0.39 is 10.0 Å². The van der Waals surface area contributed by atoms with Gasteiger partial charge in [-0.1, -0.05) is 11.8 Å². The fraction of sp³-hybridized carbons (Fsp3) is 0.214. The molecule has 1 heterocycles. The summed E-state index contributed by atoms with van der Waals surface area (Å²) in [6, 6.07) is 6.32. The SMILES string of the molecule is Cc1nc(NS(=O)(=O)c2ccc(C#CCN)cc2)sc1C. The van der Waals surface area contributed by atoms with E-state index >= 15 is 0 Å². The van der Waals surface area contributed by atoms with Crippen molar-refractivity contribution >= 4 is 26.5 Å². The van der Waals surface area contributed by atoms with Crippen LogP contribution in [0.4, 0.5) is 5.13 Å². The smallest absolute Gasteiger partial charge is 0.263 e. The monoisotopic (exact) mass is 321 g/mol. The molecule has 0 atom stereocenters. The highest BCUT2D eigenvalue weighted by molar-refractivity contribution is 7.93. The molecule has 0 unspecified atom stereocenters. The summed E-state index contributed by atoms with van der Waals surface area (Å²) in [4.78, 5) is 5.33. The van der Waals surface area contributed by atoms with Crippen LogP contribution in [0.5, 0.6) is 0 Å². The molecule has 0 saturated heterocycles. The highest BCUT2D eigenvalue weighted by Gasteiger charge is 2.16. The number of anilines is 1. The zero-order valence-corrected chi connectivity index (χ0v) is 13.3. The maximum atomic E-state index is 12.2. The minimum atomic E-state index is -3.63. The largest absolute Gasteiger partial charge is 0.320 e. The van der Waals surface area contributed by atoms with Crippen LogP contribution in [0.25, 0.3) is 0 Å². The van der Waals surface area contributed by atoms with Crippen molar-refractivity contribution in [3.8, 4) is 11.8 Å². The first kappa shape index (κ1) is 15.5. The van der Waals surface area contributed by atoms with Gasteiger partial charge in [-0.05, 0) is 38.1 Å². The Kier molecular flexibility index (Phi) is 4.63. The summed E-state index contributed by atoms with van der Waals surface area (Å²) >= 11 is 1.31. The highest BCUT2D eigenvalue weighted by Crippen LogP contribution is 2.24.